The Morgan fingerprint density at radius 3 is 2.45 bits per heavy atom. The van der Waals surface area contributed by atoms with Gasteiger partial charge >= 0.3 is 0 Å². The molecule has 1 N–H and O–H groups in total. The van der Waals surface area contributed by atoms with E-state index in [9.17, 15) is 0 Å². The first kappa shape index (κ1) is 8.63. The van der Waals surface area contributed by atoms with E-state index in [2.05, 4.69) is 45.3 Å². The third-order valence-electron chi connectivity index (χ3n) is 2.17. The van der Waals surface area contributed by atoms with Gasteiger partial charge in [-0.1, -0.05) is 33.8 Å². The van der Waals surface area contributed by atoms with Crippen molar-refractivity contribution < 1.29 is 0 Å². The van der Waals surface area contributed by atoms with Crippen molar-refractivity contribution in [3.8, 4) is 0 Å². The fourth-order valence-corrected chi connectivity index (χ4v) is 1.97. The van der Waals surface area contributed by atoms with Crippen LogP contribution in [-0.2, 0) is 0 Å². The first-order chi connectivity index (χ1) is 4.91. The van der Waals surface area contributed by atoms with Gasteiger partial charge in [0.1, 0.15) is 0 Å². The summed E-state index contributed by atoms with van der Waals surface area (Å²) in [5, 5.41) is 3.31. The normalized spacial score (nSPS) is 27.3. The third-order valence-corrected chi connectivity index (χ3v) is 2.17. The molecule has 1 aliphatic rings. The van der Waals surface area contributed by atoms with Crippen molar-refractivity contribution in [1.29, 1.82) is 0 Å². The summed E-state index contributed by atoms with van der Waals surface area (Å²) in [6.07, 6.45) is 5.61. The molecule has 0 bridgehead atoms. The van der Waals surface area contributed by atoms with E-state index in [1.807, 2.05) is 0 Å². The molecular formula is C10H19N. The lowest BCUT2D eigenvalue weighted by Crippen LogP contribution is -2.27. The lowest BCUT2D eigenvalue weighted by Gasteiger charge is -2.30. The van der Waals surface area contributed by atoms with Gasteiger partial charge in [-0.15, -0.1) is 0 Å². The first-order valence-electron chi connectivity index (χ1n) is 4.32. The minimum absolute atomic E-state index is 0.354. The predicted octanol–water partition coefficient (Wildman–Crippen LogP) is 2.55. The molecule has 64 valence electrons. The average molecular weight is 153 g/mol. The zero-order valence-corrected chi connectivity index (χ0v) is 8.07. The second kappa shape index (κ2) is 2.54. The Balaban J connectivity index is 2.72. The summed E-state index contributed by atoms with van der Waals surface area (Å²) in [5.74, 6) is 0. The summed E-state index contributed by atoms with van der Waals surface area (Å²) in [5.41, 5.74) is 0.778. The quantitative estimate of drug-likeness (QED) is 0.564. The first-order valence-corrected chi connectivity index (χ1v) is 4.32. The van der Waals surface area contributed by atoms with Crippen molar-refractivity contribution in [2.45, 2.75) is 34.1 Å². The highest BCUT2D eigenvalue weighted by molar-refractivity contribution is 5.00. The molecule has 0 fully saturated rings. The Hall–Kier alpha value is -0.460. The molecule has 0 atom stereocenters. The van der Waals surface area contributed by atoms with E-state index >= 15 is 0 Å². The maximum atomic E-state index is 3.31. The molecule has 1 rings (SSSR count). The average Bonchev–Trinajstić information content (AvgIpc) is 1.86. The molecular weight excluding hydrogens is 134 g/mol. The maximum absolute atomic E-state index is 3.31. The Labute approximate surface area is 69.9 Å². The van der Waals surface area contributed by atoms with Gasteiger partial charge in [-0.25, -0.2) is 0 Å². The van der Waals surface area contributed by atoms with E-state index in [1.54, 1.807) is 0 Å². The topological polar surface area (TPSA) is 12.0 Å². The van der Waals surface area contributed by atoms with Gasteiger partial charge in [0.15, 0.2) is 0 Å². The molecule has 0 aliphatic carbocycles. The largest absolute Gasteiger partial charge is 0.391 e. The summed E-state index contributed by atoms with van der Waals surface area (Å²) in [7, 11) is 0. The number of allylic oxidation sites excluding steroid dienone is 1. The smallest absolute Gasteiger partial charge is 0.0192 e. The zero-order chi connectivity index (χ0) is 8.54. The number of hydrogen-bond acceptors (Lipinski definition) is 1. The molecule has 0 saturated carbocycles. The molecule has 0 spiro atoms. The van der Waals surface area contributed by atoms with Gasteiger partial charge in [0.2, 0.25) is 0 Å². The van der Waals surface area contributed by atoms with Gasteiger partial charge in [0.25, 0.3) is 0 Å². The minimum atomic E-state index is 0.354. The van der Waals surface area contributed by atoms with E-state index in [4.69, 9.17) is 0 Å². The summed E-state index contributed by atoms with van der Waals surface area (Å²) in [4.78, 5) is 0. The van der Waals surface area contributed by atoms with E-state index in [-0.39, 0.29) is 0 Å². The van der Waals surface area contributed by atoms with Crippen LogP contribution in [0.3, 0.4) is 0 Å². The number of rotatable bonds is 0. The summed E-state index contributed by atoms with van der Waals surface area (Å²) in [6, 6.07) is 0. The Kier molecular flexibility index (Phi) is 2.00. The molecule has 1 heteroatoms. The van der Waals surface area contributed by atoms with Crippen molar-refractivity contribution in [2.75, 3.05) is 6.54 Å². The van der Waals surface area contributed by atoms with Gasteiger partial charge < -0.3 is 5.32 Å². The molecule has 0 aromatic rings. The van der Waals surface area contributed by atoms with Gasteiger partial charge in [0, 0.05) is 6.54 Å². The minimum Gasteiger partial charge on any atom is -0.391 e. The van der Waals surface area contributed by atoms with Crippen molar-refractivity contribution in [1.82, 2.24) is 5.32 Å². The standard InChI is InChI=1S/C10H19N/c1-9(2)5-6-11-8-10(3,4)7-9/h5-6,11H,7-8H2,1-4H3. The second-order valence-electron chi connectivity index (χ2n) is 5.04. The second-order valence-corrected chi connectivity index (χ2v) is 5.04. The highest BCUT2D eigenvalue weighted by atomic mass is 14.9. The summed E-state index contributed by atoms with van der Waals surface area (Å²) >= 11 is 0. The van der Waals surface area contributed by atoms with E-state index in [0.29, 0.717) is 10.8 Å². The van der Waals surface area contributed by atoms with Crippen LogP contribution < -0.4 is 5.32 Å². The van der Waals surface area contributed by atoms with Crippen molar-refractivity contribution in [2.24, 2.45) is 10.8 Å². The maximum Gasteiger partial charge on any atom is 0.0192 e. The Morgan fingerprint density at radius 1 is 1.18 bits per heavy atom. The zero-order valence-electron chi connectivity index (χ0n) is 8.07. The molecule has 0 radical (unpaired) electrons. The molecule has 1 aliphatic heterocycles. The molecule has 1 nitrogen and oxygen atoms in total. The van der Waals surface area contributed by atoms with Gasteiger partial charge in [-0.2, -0.15) is 0 Å². The van der Waals surface area contributed by atoms with Crippen LogP contribution in [0.2, 0.25) is 0 Å². The fourth-order valence-electron chi connectivity index (χ4n) is 1.97. The van der Waals surface area contributed by atoms with Gasteiger partial charge in [-0.05, 0) is 23.5 Å². The van der Waals surface area contributed by atoms with Crippen molar-refractivity contribution in [3.63, 3.8) is 0 Å². The highest BCUT2D eigenvalue weighted by Gasteiger charge is 2.28. The Morgan fingerprint density at radius 2 is 1.82 bits per heavy atom. The van der Waals surface area contributed by atoms with Crippen molar-refractivity contribution >= 4 is 0 Å². The number of nitrogens with one attached hydrogen (secondary N) is 1. The van der Waals surface area contributed by atoms with E-state index < -0.39 is 0 Å². The van der Waals surface area contributed by atoms with E-state index in [0.717, 1.165) is 6.54 Å². The lowest BCUT2D eigenvalue weighted by molar-refractivity contribution is 0.246. The molecule has 1 heterocycles. The number of hydrogen-bond donors (Lipinski definition) is 1. The van der Waals surface area contributed by atoms with Crippen LogP contribution >= 0.6 is 0 Å². The van der Waals surface area contributed by atoms with E-state index in [1.165, 1.54) is 6.42 Å². The Bertz CT molecular complexity index is 166. The fraction of sp³-hybridized carbons (Fsp3) is 0.800. The molecule has 0 aromatic carbocycles. The van der Waals surface area contributed by atoms with Crippen LogP contribution in [-0.4, -0.2) is 6.54 Å². The van der Waals surface area contributed by atoms with Crippen LogP contribution in [0.4, 0.5) is 0 Å². The lowest BCUT2D eigenvalue weighted by atomic mass is 9.76. The van der Waals surface area contributed by atoms with Crippen LogP contribution in [0.5, 0.6) is 0 Å². The monoisotopic (exact) mass is 153 g/mol. The van der Waals surface area contributed by atoms with Crippen molar-refractivity contribution in [3.05, 3.63) is 12.3 Å². The summed E-state index contributed by atoms with van der Waals surface area (Å²) in [6.45, 7) is 10.3. The summed E-state index contributed by atoms with van der Waals surface area (Å²) < 4.78 is 0. The van der Waals surface area contributed by atoms with Crippen LogP contribution in [0, 0.1) is 10.8 Å². The highest BCUT2D eigenvalue weighted by Crippen LogP contribution is 2.35. The van der Waals surface area contributed by atoms with Crippen LogP contribution in [0.1, 0.15) is 34.1 Å². The van der Waals surface area contributed by atoms with Gasteiger partial charge in [-0.3, -0.25) is 0 Å². The molecule has 0 saturated heterocycles. The molecule has 0 unspecified atom stereocenters. The van der Waals surface area contributed by atoms with Gasteiger partial charge in [0.05, 0.1) is 0 Å². The molecule has 0 amide bonds. The molecule has 11 heavy (non-hydrogen) atoms. The third kappa shape index (κ3) is 2.57. The van der Waals surface area contributed by atoms with Crippen LogP contribution in [0.15, 0.2) is 12.3 Å². The predicted molar refractivity (Wildman–Crippen MR) is 49.3 cm³/mol. The van der Waals surface area contributed by atoms with Crippen LogP contribution in [0.25, 0.3) is 0 Å². The SMILES string of the molecule is CC1(C)C=CNCC(C)(C)C1. The molecule has 0 aromatic heterocycles.